The fourth-order valence-corrected chi connectivity index (χ4v) is 3.34. The number of aryl methyl sites for hydroxylation is 2. The number of nitrogens with zero attached hydrogens (tertiary/aromatic N) is 7. The van der Waals surface area contributed by atoms with Crippen molar-refractivity contribution in [3.63, 3.8) is 0 Å². The maximum atomic E-state index is 12.2. The largest absolute Gasteiger partial charge is 0.432 e. The first-order chi connectivity index (χ1) is 13.1. The lowest BCUT2D eigenvalue weighted by Gasteiger charge is -2.33. The lowest BCUT2D eigenvalue weighted by molar-refractivity contribution is 0.238. The molecule has 142 valence electrons. The molecule has 3 aromatic rings. The van der Waals surface area contributed by atoms with Gasteiger partial charge in [-0.25, -0.2) is 14.3 Å². The van der Waals surface area contributed by atoms with Gasteiger partial charge in [0.2, 0.25) is 0 Å². The molecule has 4 rings (SSSR count). The predicted octanol–water partition coefficient (Wildman–Crippen LogP) is 0.856. The van der Waals surface area contributed by atoms with Crippen molar-refractivity contribution in [1.82, 2.24) is 29.4 Å². The Hall–Kier alpha value is -2.94. The van der Waals surface area contributed by atoms with Gasteiger partial charge in [-0.05, 0) is 26.0 Å². The molecule has 0 radical (unpaired) electrons. The average molecular weight is 369 g/mol. The van der Waals surface area contributed by atoms with Gasteiger partial charge in [-0.15, -0.1) is 5.10 Å². The van der Waals surface area contributed by atoms with E-state index in [1.807, 2.05) is 19.9 Å². The van der Waals surface area contributed by atoms with Crippen molar-refractivity contribution in [2.24, 2.45) is 0 Å². The summed E-state index contributed by atoms with van der Waals surface area (Å²) in [6.45, 7) is 8.74. The van der Waals surface area contributed by atoms with Crippen LogP contribution < -0.4 is 10.5 Å². The summed E-state index contributed by atoms with van der Waals surface area (Å²) in [6, 6.07) is 5.93. The van der Waals surface area contributed by atoms with Gasteiger partial charge in [-0.2, -0.15) is 5.10 Å². The molecular weight excluding hydrogens is 346 g/mol. The smallest absolute Gasteiger partial charge is 0.297 e. The van der Waals surface area contributed by atoms with Gasteiger partial charge in [-0.1, -0.05) is 0 Å². The maximum Gasteiger partial charge on any atom is 0.297 e. The highest BCUT2D eigenvalue weighted by Gasteiger charge is 2.19. The number of hydrogen-bond acceptors (Lipinski definition) is 7. The Balaban J connectivity index is 1.39. The molecule has 1 aliphatic rings. The molecular formula is C18H23N7O2. The number of aromatic nitrogens is 5. The Labute approximate surface area is 156 Å². The van der Waals surface area contributed by atoms with Crippen molar-refractivity contribution in [2.45, 2.75) is 20.4 Å². The second-order valence-electron chi connectivity index (χ2n) is 6.74. The van der Waals surface area contributed by atoms with Gasteiger partial charge in [0.25, 0.3) is 11.6 Å². The molecule has 0 saturated carbocycles. The van der Waals surface area contributed by atoms with Crippen LogP contribution in [0, 0.1) is 13.8 Å². The predicted molar refractivity (Wildman–Crippen MR) is 100 cm³/mol. The third-order valence-electron chi connectivity index (χ3n) is 4.77. The highest BCUT2D eigenvalue weighted by atomic mass is 16.4. The van der Waals surface area contributed by atoms with E-state index in [9.17, 15) is 4.79 Å². The van der Waals surface area contributed by atoms with Gasteiger partial charge >= 0.3 is 0 Å². The third kappa shape index (κ3) is 3.77. The summed E-state index contributed by atoms with van der Waals surface area (Å²) in [5.41, 5.74) is 1.82. The Morgan fingerprint density at radius 2 is 1.89 bits per heavy atom. The number of rotatable bonds is 5. The van der Waals surface area contributed by atoms with Gasteiger partial charge in [-0.3, -0.25) is 9.69 Å². The molecule has 0 aromatic carbocycles. The average Bonchev–Trinajstić information content (AvgIpc) is 3.31. The van der Waals surface area contributed by atoms with E-state index in [1.54, 1.807) is 29.3 Å². The molecule has 0 bridgehead atoms. The van der Waals surface area contributed by atoms with Gasteiger partial charge in [0.15, 0.2) is 5.82 Å². The number of anilines is 1. The van der Waals surface area contributed by atoms with E-state index in [0.717, 1.165) is 44.1 Å². The minimum absolute atomic E-state index is 0.0984. The highest BCUT2D eigenvalue weighted by molar-refractivity contribution is 5.26. The van der Waals surface area contributed by atoms with Crippen LogP contribution in [0.15, 0.2) is 39.9 Å². The fraction of sp³-hybridized carbons (Fsp3) is 0.444. The topological polar surface area (TPSA) is 85.2 Å². The van der Waals surface area contributed by atoms with E-state index >= 15 is 0 Å². The monoisotopic (exact) mass is 369 g/mol. The van der Waals surface area contributed by atoms with Crippen molar-refractivity contribution in [3.05, 3.63) is 52.4 Å². The van der Waals surface area contributed by atoms with Gasteiger partial charge in [0.1, 0.15) is 6.26 Å². The molecule has 9 heteroatoms. The quantitative estimate of drug-likeness (QED) is 0.659. The Kier molecular flexibility index (Phi) is 4.76. The Morgan fingerprint density at radius 1 is 1.07 bits per heavy atom. The summed E-state index contributed by atoms with van der Waals surface area (Å²) < 4.78 is 8.64. The van der Waals surface area contributed by atoms with Crippen LogP contribution in [-0.2, 0) is 6.54 Å². The maximum absolute atomic E-state index is 12.2. The number of hydrogen-bond donors (Lipinski definition) is 0. The summed E-state index contributed by atoms with van der Waals surface area (Å²) in [4.78, 5) is 20.8. The van der Waals surface area contributed by atoms with Crippen molar-refractivity contribution in [1.29, 1.82) is 0 Å². The normalized spacial score (nSPS) is 15.4. The zero-order chi connectivity index (χ0) is 18.8. The minimum atomic E-state index is -0.0984. The Morgan fingerprint density at radius 3 is 2.56 bits per heavy atom. The molecule has 0 unspecified atom stereocenters. The molecule has 0 aliphatic carbocycles. The molecule has 27 heavy (non-hydrogen) atoms. The summed E-state index contributed by atoms with van der Waals surface area (Å²) in [5.74, 6) is 0.661. The van der Waals surface area contributed by atoms with Crippen LogP contribution in [0.1, 0.15) is 11.4 Å². The molecule has 4 heterocycles. The van der Waals surface area contributed by atoms with Crippen molar-refractivity contribution in [2.75, 3.05) is 37.6 Å². The van der Waals surface area contributed by atoms with Gasteiger partial charge in [0.05, 0.1) is 18.4 Å². The summed E-state index contributed by atoms with van der Waals surface area (Å²) >= 11 is 0. The molecule has 1 fully saturated rings. The molecule has 0 atom stereocenters. The lowest BCUT2D eigenvalue weighted by atomic mass is 10.3. The zero-order valence-electron chi connectivity index (χ0n) is 15.6. The van der Waals surface area contributed by atoms with Crippen molar-refractivity contribution >= 4 is 6.01 Å². The molecule has 0 spiro atoms. The van der Waals surface area contributed by atoms with Crippen LogP contribution in [0.3, 0.4) is 0 Å². The van der Waals surface area contributed by atoms with Crippen LogP contribution in [0.5, 0.6) is 0 Å². The molecule has 0 N–H and O–H groups in total. The van der Waals surface area contributed by atoms with Crippen LogP contribution in [0.25, 0.3) is 5.82 Å². The van der Waals surface area contributed by atoms with E-state index in [2.05, 4.69) is 25.0 Å². The lowest BCUT2D eigenvalue weighted by Crippen LogP contribution is -2.47. The SMILES string of the molecule is Cc1cc(C)n(-c2ccc(=O)n(CCN3CCN(c4ncco4)CC3)n2)n1. The van der Waals surface area contributed by atoms with Crippen LogP contribution in [0.2, 0.25) is 0 Å². The van der Waals surface area contributed by atoms with Crippen molar-refractivity contribution < 1.29 is 4.42 Å². The van der Waals surface area contributed by atoms with Gasteiger partial charge in [0, 0.05) is 44.5 Å². The first kappa shape index (κ1) is 17.5. The molecule has 1 saturated heterocycles. The van der Waals surface area contributed by atoms with E-state index in [-0.39, 0.29) is 5.56 Å². The second-order valence-corrected chi connectivity index (χ2v) is 6.74. The van der Waals surface area contributed by atoms with E-state index < -0.39 is 0 Å². The molecule has 1 aliphatic heterocycles. The summed E-state index contributed by atoms with van der Waals surface area (Å²) in [7, 11) is 0. The highest BCUT2D eigenvalue weighted by Crippen LogP contribution is 2.13. The van der Waals surface area contributed by atoms with E-state index in [0.29, 0.717) is 18.4 Å². The van der Waals surface area contributed by atoms with Gasteiger partial charge < -0.3 is 9.32 Å². The first-order valence-electron chi connectivity index (χ1n) is 9.09. The summed E-state index contributed by atoms with van der Waals surface area (Å²) in [6.07, 6.45) is 3.26. The van der Waals surface area contributed by atoms with E-state index in [1.165, 1.54) is 4.68 Å². The first-order valence-corrected chi connectivity index (χ1v) is 9.09. The number of oxazole rings is 1. The standard InChI is InChI=1S/C18H23N7O2/c1-14-13-15(2)25(20-14)16-3-4-17(26)24(21-16)11-8-22-6-9-23(10-7-22)18-19-5-12-27-18/h3-5,12-13H,6-11H2,1-2H3. The van der Waals surface area contributed by atoms with E-state index in [4.69, 9.17) is 4.42 Å². The Bertz CT molecular complexity index is 953. The van der Waals surface area contributed by atoms with Crippen LogP contribution >= 0.6 is 0 Å². The molecule has 3 aromatic heterocycles. The van der Waals surface area contributed by atoms with Crippen LogP contribution in [-0.4, -0.2) is 62.2 Å². The molecule has 9 nitrogen and oxygen atoms in total. The van der Waals surface area contributed by atoms with Crippen LogP contribution in [0.4, 0.5) is 6.01 Å². The second kappa shape index (κ2) is 7.36. The summed E-state index contributed by atoms with van der Waals surface area (Å²) in [5, 5.41) is 8.94. The zero-order valence-corrected chi connectivity index (χ0v) is 15.6. The van der Waals surface area contributed by atoms with Crippen molar-refractivity contribution in [3.8, 4) is 5.82 Å². The fourth-order valence-electron chi connectivity index (χ4n) is 3.34. The minimum Gasteiger partial charge on any atom is -0.432 e. The number of piperazine rings is 1. The third-order valence-corrected chi connectivity index (χ3v) is 4.77. The molecule has 0 amide bonds.